The van der Waals surface area contributed by atoms with Crippen LogP contribution in [0.5, 0.6) is 17.2 Å². The number of nitrogens with zero attached hydrogens (tertiary/aromatic N) is 1. The first-order valence-electron chi connectivity index (χ1n) is 8.37. The minimum atomic E-state index is -0.785. The average Bonchev–Trinajstić information content (AvgIpc) is 3.20. The monoisotopic (exact) mass is 383 g/mol. The Bertz CT molecular complexity index is 955. The number of methoxy groups -OCH3 is 1. The van der Waals surface area contributed by atoms with Gasteiger partial charge in [-0.3, -0.25) is 0 Å². The molecule has 0 fully saturated rings. The van der Waals surface area contributed by atoms with Gasteiger partial charge >= 0.3 is 5.97 Å². The fraction of sp³-hybridized carbons (Fsp3) is 0.200. The Morgan fingerprint density at radius 3 is 2.81 bits per heavy atom. The summed E-state index contributed by atoms with van der Waals surface area (Å²) in [4.78, 5) is 16.8. The van der Waals surface area contributed by atoms with E-state index >= 15 is 0 Å². The lowest BCUT2D eigenvalue weighted by molar-refractivity contribution is -0.156. The summed E-state index contributed by atoms with van der Waals surface area (Å²) >= 11 is 1.47. The third-order valence-electron chi connectivity index (χ3n) is 4.02. The van der Waals surface area contributed by atoms with Crippen molar-refractivity contribution in [3.63, 3.8) is 0 Å². The molecule has 138 valence electrons. The molecule has 0 bridgehead atoms. The topological polar surface area (TPSA) is 66.9 Å². The second-order valence-corrected chi connectivity index (χ2v) is 6.67. The van der Waals surface area contributed by atoms with Crippen LogP contribution in [0.25, 0.3) is 10.6 Å². The van der Waals surface area contributed by atoms with Crippen LogP contribution in [0.15, 0.2) is 53.9 Å². The quantitative estimate of drug-likeness (QED) is 0.626. The summed E-state index contributed by atoms with van der Waals surface area (Å²) in [5.74, 6) is 1.44. The van der Waals surface area contributed by atoms with Gasteiger partial charge in [-0.2, -0.15) is 0 Å². The average molecular weight is 383 g/mol. The lowest BCUT2D eigenvalue weighted by Crippen LogP contribution is -2.37. The number of rotatable bonds is 5. The Labute approximate surface area is 160 Å². The molecule has 0 saturated heterocycles. The van der Waals surface area contributed by atoms with Crippen LogP contribution < -0.4 is 14.2 Å². The maximum absolute atomic E-state index is 12.3. The maximum Gasteiger partial charge on any atom is 0.351 e. The van der Waals surface area contributed by atoms with Crippen molar-refractivity contribution >= 4 is 17.3 Å². The fourth-order valence-corrected chi connectivity index (χ4v) is 3.53. The van der Waals surface area contributed by atoms with Gasteiger partial charge in [-0.25, -0.2) is 9.78 Å². The van der Waals surface area contributed by atoms with E-state index in [0.29, 0.717) is 17.2 Å². The van der Waals surface area contributed by atoms with Gasteiger partial charge in [0, 0.05) is 5.38 Å². The molecule has 27 heavy (non-hydrogen) atoms. The molecule has 0 amide bonds. The van der Waals surface area contributed by atoms with Crippen LogP contribution in [0.4, 0.5) is 0 Å². The lowest BCUT2D eigenvalue weighted by atomic mass is 10.2. The third kappa shape index (κ3) is 3.73. The van der Waals surface area contributed by atoms with Crippen LogP contribution in [0, 0.1) is 0 Å². The molecule has 7 heteroatoms. The molecule has 1 unspecified atom stereocenters. The third-order valence-corrected chi connectivity index (χ3v) is 4.95. The van der Waals surface area contributed by atoms with Crippen LogP contribution >= 0.6 is 11.3 Å². The van der Waals surface area contributed by atoms with Crippen molar-refractivity contribution in [2.24, 2.45) is 0 Å². The van der Waals surface area contributed by atoms with Crippen LogP contribution in [0.3, 0.4) is 0 Å². The van der Waals surface area contributed by atoms with Crippen molar-refractivity contribution in [3.05, 3.63) is 59.6 Å². The van der Waals surface area contributed by atoms with E-state index in [-0.39, 0.29) is 13.2 Å². The van der Waals surface area contributed by atoms with Gasteiger partial charge in [-0.1, -0.05) is 24.3 Å². The summed E-state index contributed by atoms with van der Waals surface area (Å²) in [6, 6.07) is 14.9. The van der Waals surface area contributed by atoms with Gasteiger partial charge in [0.25, 0.3) is 0 Å². The van der Waals surface area contributed by atoms with Crippen LogP contribution in [-0.2, 0) is 16.1 Å². The number of para-hydroxylation sites is 3. The Kier molecular flexibility index (Phi) is 4.93. The number of carbonyl (C=O) groups excluding carboxylic acids is 1. The standard InChI is InChI=1S/C20H17NO5S/c1-23-15-7-3-2-6-14(15)19-21-13(12-27-19)10-25-20(22)18-11-24-16-8-4-5-9-17(16)26-18/h2-9,12,18H,10-11H2,1H3. The number of fused-ring (bicyclic) bond motifs is 1. The summed E-state index contributed by atoms with van der Waals surface area (Å²) < 4.78 is 21.9. The number of esters is 1. The lowest BCUT2D eigenvalue weighted by Gasteiger charge is -2.24. The zero-order chi connectivity index (χ0) is 18.6. The number of hydrogen-bond acceptors (Lipinski definition) is 7. The molecular weight excluding hydrogens is 366 g/mol. The zero-order valence-corrected chi connectivity index (χ0v) is 15.4. The van der Waals surface area contributed by atoms with E-state index in [4.69, 9.17) is 18.9 Å². The largest absolute Gasteiger partial charge is 0.496 e. The summed E-state index contributed by atoms with van der Waals surface area (Å²) in [7, 11) is 1.62. The Balaban J connectivity index is 1.38. The van der Waals surface area contributed by atoms with E-state index in [1.165, 1.54) is 11.3 Å². The Hall–Kier alpha value is -3.06. The number of carbonyl (C=O) groups is 1. The fourth-order valence-electron chi connectivity index (χ4n) is 2.69. The second kappa shape index (κ2) is 7.67. The van der Waals surface area contributed by atoms with Crippen molar-refractivity contribution in [1.82, 2.24) is 4.98 Å². The second-order valence-electron chi connectivity index (χ2n) is 5.82. The minimum absolute atomic E-state index is 0.0754. The first-order chi connectivity index (χ1) is 13.2. The molecule has 0 saturated carbocycles. The van der Waals surface area contributed by atoms with E-state index in [2.05, 4.69) is 4.98 Å². The van der Waals surface area contributed by atoms with Gasteiger partial charge in [-0.15, -0.1) is 11.3 Å². The molecule has 0 N–H and O–H groups in total. The van der Waals surface area contributed by atoms with Gasteiger partial charge in [0.1, 0.15) is 24.0 Å². The molecule has 1 atom stereocenters. The molecule has 1 aromatic heterocycles. The Morgan fingerprint density at radius 1 is 1.19 bits per heavy atom. The molecule has 0 aliphatic carbocycles. The molecule has 6 nitrogen and oxygen atoms in total. The highest BCUT2D eigenvalue weighted by Gasteiger charge is 2.28. The minimum Gasteiger partial charge on any atom is -0.496 e. The smallest absolute Gasteiger partial charge is 0.351 e. The molecule has 1 aliphatic heterocycles. The summed E-state index contributed by atoms with van der Waals surface area (Å²) in [6.45, 7) is 0.200. The Morgan fingerprint density at radius 2 is 1.96 bits per heavy atom. The van der Waals surface area contributed by atoms with Gasteiger partial charge < -0.3 is 18.9 Å². The van der Waals surface area contributed by atoms with Crippen molar-refractivity contribution < 1.29 is 23.7 Å². The van der Waals surface area contributed by atoms with Gasteiger partial charge in [0.2, 0.25) is 6.10 Å². The molecule has 2 aromatic carbocycles. The molecule has 1 aliphatic rings. The maximum atomic E-state index is 12.3. The summed E-state index contributed by atoms with van der Waals surface area (Å²) in [6.07, 6.45) is -0.785. The van der Waals surface area contributed by atoms with Crippen LogP contribution in [-0.4, -0.2) is 30.8 Å². The van der Waals surface area contributed by atoms with Gasteiger partial charge in [0.15, 0.2) is 11.5 Å². The molecule has 4 rings (SSSR count). The van der Waals surface area contributed by atoms with Gasteiger partial charge in [0.05, 0.1) is 18.4 Å². The predicted octanol–water partition coefficient (Wildman–Crippen LogP) is 3.70. The number of aromatic nitrogens is 1. The number of hydrogen-bond donors (Lipinski definition) is 0. The normalized spacial score (nSPS) is 15.2. The highest BCUT2D eigenvalue weighted by atomic mass is 32.1. The highest BCUT2D eigenvalue weighted by Crippen LogP contribution is 2.33. The highest BCUT2D eigenvalue weighted by molar-refractivity contribution is 7.13. The first kappa shape index (κ1) is 17.4. The number of thiazole rings is 1. The summed E-state index contributed by atoms with van der Waals surface area (Å²) in [5, 5.41) is 2.67. The van der Waals surface area contributed by atoms with E-state index in [1.807, 2.05) is 41.8 Å². The van der Waals surface area contributed by atoms with E-state index in [9.17, 15) is 4.79 Å². The van der Waals surface area contributed by atoms with E-state index in [0.717, 1.165) is 16.3 Å². The van der Waals surface area contributed by atoms with Gasteiger partial charge in [-0.05, 0) is 24.3 Å². The number of ether oxygens (including phenoxy) is 4. The van der Waals surface area contributed by atoms with E-state index < -0.39 is 12.1 Å². The SMILES string of the molecule is COc1ccccc1-c1nc(COC(=O)C2COc3ccccc3O2)cs1. The summed E-state index contributed by atoms with van der Waals surface area (Å²) in [5.41, 5.74) is 1.58. The predicted molar refractivity (Wildman–Crippen MR) is 100 cm³/mol. The zero-order valence-electron chi connectivity index (χ0n) is 14.6. The van der Waals surface area contributed by atoms with Crippen LogP contribution in [0.1, 0.15) is 5.69 Å². The molecule has 3 aromatic rings. The molecular formula is C20H17NO5S. The molecule has 0 spiro atoms. The molecule has 2 heterocycles. The van der Waals surface area contributed by atoms with Crippen LogP contribution in [0.2, 0.25) is 0 Å². The van der Waals surface area contributed by atoms with Crippen molar-refractivity contribution in [2.75, 3.05) is 13.7 Å². The van der Waals surface area contributed by atoms with Crippen molar-refractivity contribution in [2.45, 2.75) is 12.7 Å². The van der Waals surface area contributed by atoms with Crippen molar-refractivity contribution in [1.29, 1.82) is 0 Å². The molecule has 0 radical (unpaired) electrons. The first-order valence-corrected chi connectivity index (χ1v) is 9.25. The number of benzene rings is 2. The van der Waals surface area contributed by atoms with Crippen molar-refractivity contribution in [3.8, 4) is 27.8 Å². The van der Waals surface area contributed by atoms with E-state index in [1.54, 1.807) is 19.2 Å².